The zero-order valence-corrected chi connectivity index (χ0v) is 14.6. The third-order valence-corrected chi connectivity index (χ3v) is 3.75. The average Bonchev–Trinajstić information content (AvgIpc) is 2.41. The van der Waals surface area contributed by atoms with Crippen molar-refractivity contribution in [3.05, 3.63) is 29.8 Å². The molecule has 0 radical (unpaired) electrons. The SMILES string of the molecule is CC[C@H](C)N(Cc1cccc(OS(C)(=O)=O)c1)C(=O)N(C)C. The lowest BCUT2D eigenvalue weighted by Crippen LogP contribution is -2.43. The molecule has 0 aliphatic rings. The van der Waals surface area contributed by atoms with Crippen LogP contribution in [0.1, 0.15) is 25.8 Å². The van der Waals surface area contributed by atoms with E-state index in [0.29, 0.717) is 6.54 Å². The number of nitrogens with zero attached hydrogens (tertiary/aromatic N) is 2. The Labute approximate surface area is 132 Å². The molecule has 7 heteroatoms. The van der Waals surface area contributed by atoms with Crippen molar-refractivity contribution in [3.8, 4) is 5.75 Å². The van der Waals surface area contributed by atoms with E-state index in [2.05, 4.69) is 0 Å². The van der Waals surface area contributed by atoms with Gasteiger partial charge in [0.05, 0.1) is 6.26 Å². The first-order chi connectivity index (χ1) is 10.1. The maximum Gasteiger partial charge on any atom is 0.320 e. The van der Waals surface area contributed by atoms with E-state index in [1.165, 1.54) is 4.90 Å². The first-order valence-corrected chi connectivity index (χ1v) is 8.92. The van der Waals surface area contributed by atoms with Crippen molar-refractivity contribution in [1.82, 2.24) is 9.80 Å². The topological polar surface area (TPSA) is 66.9 Å². The van der Waals surface area contributed by atoms with Crippen molar-refractivity contribution in [2.24, 2.45) is 0 Å². The Kier molecular flexibility index (Phi) is 6.22. The van der Waals surface area contributed by atoms with E-state index >= 15 is 0 Å². The fourth-order valence-corrected chi connectivity index (χ4v) is 2.41. The predicted molar refractivity (Wildman–Crippen MR) is 86.3 cm³/mol. The molecule has 0 spiro atoms. The number of urea groups is 1. The van der Waals surface area contributed by atoms with Gasteiger partial charge in [-0.15, -0.1) is 0 Å². The molecule has 0 fully saturated rings. The fraction of sp³-hybridized carbons (Fsp3) is 0.533. The highest BCUT2D eigenvalue weighted by atomic mass is 32.2. The van der Waals surface area contributed by atoms with Crippen molar-refractivity contribution < 1.29 is 17.4 Å². The largest absolute Gasteiger partial charge is 0.383 e. The molecule has 0 N–H and O–H groups in total. The van der Waals surface area contributed by atoms with E-state index in [9.17, 15) is 13.2 Å². The fourth-order valence-electron chi connectivity index (χ4n) is 1.96. The van der Waals surface area contributed by atoms with Crippen LogP contribution >= 0.6 is 0 Å². The number of hydrogen-bond acceptors (Lipinski definition) is 4. The van der Waals surface area contributed by atoms with Crippen LogP contribution in [0.3, 0.4) is 0 Å². The van der Waals surface area contributed by atoms with Gasteiger partial charge in [-0.1, -0.05) is 19.1 Å². The van der Waals surface area contributed by atoms with Crippen molar-refractivity contribution in [3.63, 3.8) is 0 Å². The van der Waals surface area contributed by atoms with Crippen molar-refractivity contribution in [2.45, 2.75) is 32.9 Å². The zero-order chi connectivity index (χ0) is 16.9. The third-order valence-electron chi connectivity index (χ3n) is 3.25. The number of amides is 2. The molecule has 0 saturated carbocycles. The van der Waals surface area contributed by atoms with E-state index < -0.39 is 10.1 Å². The van der Waals surface area contributed by atoms with Gasteiger partial charge in [-0.25, -0.2) is 4.79 Å². The van der Waals surface area contributed by atoms with E-state index in [4.69, 9.17) is 4.18 Å². The van der Waals surface area contributed by atoms with Crippen LogP contribution in [0.15, 0.2) is 24.3 Å². The van der Waals surface area contributed by atoms with Crippen molar-refractivity contribution >= 4 is 16.1 Å². The van der Waals surface area contributed by atoms with Crippen LogP contribution in [0.5, 0.6) is 5.75 Å². The summed E-state index contributed by atoms with van der Waals surface area (Å²) < 4.78 is 27.3. The molecule has 1 rings (SSSR count). The number of rotatable bonds is 6. The lowest BCUT2D eigenvalue weighted by atomic mass is 10.1. The second-order valence-electron chi connectivity index (χ2n) is 5.50. The van der Waals surface area contributed by atoms with Crippen LogP contribution in [0, 0.1) is 0 Å². The van der Waals surface area contributed by atoms with E-state index in [0.717, 1.165) is 18.2 Å². The van der Waals surface area contributed by atoms with Gasteiger partial charge in [-0.3, -0.25) is 0 Å². The second kappa shape index (κ2) is 7.49. The molecule has 1 atom stereocenters. The van der Waals surface area contributed by atoms with Gasteiger partial charge in [0.25, 0.3) is 0 Å². The minimum atomic E-state index is -3.56. The molecule has 124 valence electrons. The molecule has 1 aromatic carbocycles. The molecule has 22 heavy (non-hydrogen) atoms. The Morgan fingerprint density at radius 1 is 1.32 bits per heavy atom. The lowest BCUT2D eigenvalue weighted by Gasteiger charge is -2.31. The van der Waals surface area contributed by atoms with Crippen LogP contribution in [0.2, 0.25) is 0 Å². The van der Waals surface area contributed by atoms with Crippen LogP contribution < -0.4 is 4.18 Å². The Bertz CT molecular complexity index is 614. The summed E-state index contributed by atoms with van der Waals surface area (Å²) in [5, 5.41) is 0. The van der Waals surface area contributed by atoms with Crippen LogP contribution in [0.4, 0.5) is 4.79 Å². The average molecular weight is 328 g/mol. The number of carbonyl (C=O) groups excluding carboxylic acids is 1. The summed E-state index contributed by atoms with van der Waals surface area (Å²) >= 11 is 0. The van der Waals surface area contributed by atoms with E-state index in [1.54, 1.807) is 37.2 Å². The summed E-state index contributed by atoms with van der Waals surface area (Å²) in [6, 6.07) is 6.77. The Morgan fingerprint density at radius 3 is 2.45 bits per heavy atom. The summed E-state index contributed by atoms with van der Waals surface area (Å²) in [7, 11) is -0.143. The monoisotopic (exact) mass is 328 g/mol. The Balaban J connectivity index is 2.98. The maximum atomic E-state index is 12.3. The van der Waals surface area contributed by atoms with Crippen LogP contribution in [-0.2, 0) is 16.7 Å². The van der Waals surface area contributed by atoms with Gasteiger partial charge in [0.1, 0.15) is 5.75 Å². The molecule has 0 aromatic heterocycles. The Morgan fingerprint density at radius 2 is 1.95 bits per heavy atom. The van der Waals surface area contributed by atoms with Crippen molar-refractivity contribution in [2.75, 3.05) is 20.4 Å². The maximum absolute atomic E-state index is 12.3. The molecular formula is C15H24N2O4S. The zero-order valence-electron chi connectivity index (χ0n) is 13.7. The first-order valence-electron chi connectivity index (χ1n) is 7.10. The van der Waals surface area contributed by atoms with Gasteiger partial charge in [-0.05, 0) is 31.0 Å². The number of carbonyl (C=O) groups is 1. The van der Waals surface area contributed by atoms with Gasteiger partial charge < -0.3 is 14.0 Å². The number of hydrogen-bond donors (Lipinski definition) is 0. The molecule has 0 saturated heterocycles. The smallest absolute Gasteiger partial charge is 0.320 e. The highest BCUT2D eigenvalue weighted by molar-refractivity contribution is 7.86. The molecular weight excluding hydrogens is 304 g/mol. The molecule has 0 aliphatic carbocycles. The van der Waals surface area contributed by atoms with E-state index in [1.807, 2.05) is 19.9 Å². The minimum absolute atomic E-state index is 0.0781. The normalized spacial score (nSPS) is 12.6. The van der Waals surface area contributed by atoms with Gasteiger partial charge in [-0.2, -0.15) is 8.42 Å². The quantitative estimate of drug-likeness (QED) is 0.752. The molecule has 6 nitrogen and oxygen atoms in total. The highest BCUT2D eigenvalue weighted by Crippen LogP contribution is 2.18. The molecule has 0 bridgehead atoms. The minimum Gasteiger partial charge on any atom is -0.383 e. The molecule has 0 aliphatic heterocycles. The molecule has 2 amide bonds. The second-order valence-corrected chi connectivity index (χ2v) is 7.07. The Hall–Kier alpha value is -1.76. The van der Waals surface area contributed by atoms with E-state index in [-0.39, 0.29) is 17.8 Å². The standard InChI is InChI=1S/C15H24N2O4S/c1-6-12(2)17(15(18)16(3)4)11-13-8-7-9-14(10-13)21-22(5,19)20/h7-10,12H,6,11H2,1-5H3/t12-/m0/s1. The lowest BCUT2D eigenvalue weighted by molar-refractivity contribution is 0.148. The van der Waals surface area contributed by atoms with Crippen LogP contribution in [-0.4, -0.2) is 50.6 Å². The van der Waals surface area contributed by atoms with Crippen molar-refractivity contribution in [1.29, 1.82) is 0 Å². The third kappa shape index (κ3) is 5.55. The van der Waals surface area contributed by atoms with Gasteiger partial charge in [0.2, 0.25) is 0 Å². The van der Waals surface area contributed by atoms with Gasteiger partial charge >= 0.3 is 16.1 Å². The number of benzene rings is 1. The summed E-state index contributed by atoms with van der Waals surface area (Å²) in [4.78, 5) is 15.6. The van der Waals surface area contributed by atoms with Gasteiger partial charge in [0, 0.05) is 26.7 Å². The first kappa shape index (κ1) is 18.3. The summed E-state index contributed by atoms with van der Waals surface area (Å²) in [6.07, 6.45) is 1.83. The summed E-state index contributed by atoms with van der Waals surface area (Å²) in [5.41, 5.74) is 0.816. The molecule has 0 heterocycles. The summed E-state index contributed by atoms with van der Waals surface area (Å²) in [5.74, 6) is 0.251. The molecule has 1 aromatic rings. The summed E-state index contributed by atoms with van der Waals surface area (Å²) in [6.45, 7) is 4.40. The predicted octanol–water partition coefficient (Wildman–Crippen LogP) is 2.31. The van der Waals surface area contributed by atoms with Gasteiger partial charge in [0.15, 0.2) is 0 Å². The highest BCUT2D eigenvalue weighted by Gasteiger charge is 2.21. The molecule has 0 unspecified atom stereocenters. The van der Waals surface area contributed by atoms with Crippen LogP contribution in [0.25, 0.3) is 0 Å².